The fraction of sp³-hybridized carbons (Fsp3) is 0.0769. The molecule has 2 heterocycles. The van der Waals surface area contributed by atoms with Gasteiger partial charge in [-0.25, -0.2) is 23.2 Å². The van der Waals surface area contributed by atoms with Gasteiger partial charge in [-0.2, -0.15) is 9.78 Å². The number of hydrogen-bond donors (Lipinski definition) is 1. The summed E-state index contributed by atoms with van der Waals surface area (Å²) in [6.45, 7) is 1.81. The second-order valence-corrected chi connectivity index (χ2v) is 9.98. The predicted octanol–water partition coefficient (Wildman–Crippen LogP) is 3.98. The van der Waals surface area contributed by atoms with E-state index in [1.165, 1.54) is 24.1 Å². The zero-order chi connectivity index (χ0) is 25.4. The van der Waals surface area contributed by atoms with E-state index in [-0.39, 0.29) is 26.8 Å². The third kappa shape index (κ3) is 3.97. The number of aryl methyl sites for hydroxylation is 1. The molecule has 10 heteroatoms. The summed E-state index contributed by atoms with van der Waals surface area (Å²) in [6.07, 6.45) is 1.50. The minimum atomic E-state index is -4.04. The number of hydrogen-bond acceptors (Lipinski definition) is 8. The maximum atomic E-state index is 13.7. The molecule has 0 fully saturated rings. The lowest BCUT2D eigenvalue weighted by Gasteiger charge is -2.06. The first-order valence-electron chi connectivity index (χ1n) is 10.9. The molecule has 0 saturated heterocycles. The molecule has 0 radical (unpaired) electrons. The highest BCUT2D eigenvalue weighted by molar-refractivity contribution is 7.92. The first-order chi connectivity index (χ1) is 17.3. The van der Waals surface area contributed by atoms with Crippen LogP contribution in [0.1, 0.15) is 21.5 Å². The van der Waals surface area contributed by atoms with E-state index in [2.05, 4.69) is 15.1 Å². The number of carbonyl (C=O) groups excluding carboxylic acids is 1. The molecular formula is C26H21N5O4S. The predicted molar refractivity (Wildman–Crippen MR) is 137 cm³/mol. The first-order valence-corrected chi connectivity index (χ1v) is 12.4. The number of para-hydroxylation sites is 2. The van der Waals surface area contributed by atoms with Crippen molar-refractivity contribution in [3.63, 3.8) is 0 Å². The van der Waals surface area contributed by atoms with Crippen LogP contribution in [0.5, 0.6) is 0 Å². The molecule has 0 aliphatic carbocycles. The Kier molecular flexibility index (Phi) is 5.73. The van der Waals surface area contributed by atoms with Gasteiger partial charge in [-0.3, -0.25) is 0 Å². The van der Waals surface area contributed by atoms with Crippen LogP contribution < -0.4 is 5.73 Å². The largest absolute Gasteiger partial charge is 0.465 e. The number of nitrogens with zero attached hydrogens (tertiary/aromatic N) is 4. The van der Waals surface area contributed by atoms with Gasteiger partial charge < -0.3 is 10.5 Å². The fourth-order valence-electron chi connectivity index (χ4n) is 3.85. The minimum absolute atomic E-state index is 0.102. The molecule has 0 spiro atoms. The fourth-order valence-corrected chi connectivity index (χ4v) is 5.44. The molecule has 2 N–H and O–H groups in total. The number of nitrogen functional groups attached to an aromatic ring is 1. The molecule has 0 saturated carbocycles. The van der Waals surface area contributed by atoms with Crippen molar-refractivity contribution in [3.05, 3.63) is 89.5 Å². The van der Waals surface area contributed by atoms with E-state index < -0.39 is 15.8 Å². The average Bonchev–Trinajstić information content (AvgIpc) is 3.16. The molecular weight excluding hydrogens is 478 g/mol. The number of esters is 1. The number of nitrogens with two attached hydrogens (primary N) is 1. The van der Waals surface area contributed by atoms with E-state index in [4.69, 9.17) is 10.5 Å². The molecule has 0 bridgehead atoms. The maximum Gasteiger partial charge on any atom is 0.337 e. The molecule has 5 aromatic rings. The highest BCUT2D eigenvalue weighted by Crippen LogP contribution is 2.35. The second-order valence-electron chi connectivity index (χ2n) is 8.09. The molecule has 180 valence electrons. The molecule has 0 aliphatic heterocycles. The van der Waals surface area contributed by atoms with Crippen molar-refractivity contribution in [1.82, 2.24) is 14.6 Å². The molecule has 0 amide bonds. The number of aromatic nitrogens is 3. The lowest BCUT2D eigenvalue weighted by Crippen LogP contribution is -2.07. The van der Waals surface area contributed by atoms with Gasteiger partial charge in [0.05, 0.1) is 34.8 Å². The number of fused-ring (bicyclic) bond motifs is 2. The molecule has 36 heavy (non-hydrogen) atoms. The Bertz CT molecular complexity index is 1770. The monoisotopic (exact) mass is 499 g/mol. The van der Waals surface area contributed by atoms with Gasteiger partial charge in [0, 0.05) is 0 Å². The number of sulfone groups is 1. The van der Waals surface area contributed by atoms with Crippen LogP contribution in [-0.4, -0.2) is 42.4 Å². The SMILES string of the molecule is COC(=O)c1ccc(C=Nn2c(N)c(S(=O)(=O)c3cccc(C)c3)c3nc4ccccc4nc32)cc1. The Morgan fingerprint density at radius 2 is 1.69 bits per heavy atom. The van der Waals surface area contributed by atoms with Gasteiger partial charge >= 0.3 is 5.97 Å². The van der Waals surface area contributed by atoms with Crippen molar-refractivity contribution >= 4 is 50.0 Å². The van der Waals surface area contributed by atoms with E-state index in [9.17, 15) is 13.2 Å². The Morgan fingerprint density at radius 1 is 1.00 bits per heavy atom. The molecule has 5 rings (SSSR count). The van der Waals surface area contributed by atoms with Crippen LogP contribution in [0.4, 0.5) is 5.82 Å². The zero-order valence-electron chi connectivity index (χ0n) is 19.4. The quantitative estimate of drug-likeness (QED) is 0.286. The van der Waals surface area contributed by atoms with E-state index in [0.29, 0.717) is 22.2 Å². The van der Waals surface area contributed by atoms with Gasteiger partial charge in [0.2, 0.25) is 9.84 Å². The highest BCUT2D eigenvalue weighted by atomic mass is 32.2. The summed E-state index contributed by atoms with van der Waals surface area (Å²) >= 11 is 0. The Labute approximate surface area is 206 Å². The van der Waals surface area contributed by atoms with E-state index in [1.807, 2.05) is 19.1 Å². The third-order valence-electron chi connectivity index (χ3n) is 5.65. The summed E-state index contributed by atoms with van der Waals surface area (Å²) in [5.74, 6) is -0.559. The number of carbonyl (C=O) groups is 1. The van der Waals surface area contributed by atoms with Crippen molar-refractivity contribution in [2.24, 2.45) is 5.10 Å². The number of benzene rings is 3. The highest BCUT2D eigenvalue weighted by Gasteiger charge is 2.30. The summed E-state index contributed by atoms with van der Waals surface area (Å²) in [4.78, 5) is 20.9. The van der Waals surface area contributed by atoms with Crippen LogP contribution in [0.25, 0.3) is 22.2 Å². The van der Waals surface area contributed by atoms with Gasteiger partial charge in [0.15, 0.2) is 5.65 Å². The summed E-state index contributed by atoms with van der Waals surface area (Å²) in [5.41, 5.74) is 9.70. The minimum Gasteiger partial charge on any atom is -0.465 e. The van der Waals surface area contributed by atoms with E-state index in [1.54, 1.807) is 54.6 Å². The van der Waals surface area contributed by atoms with Crippen molar-refractivity contribution < 1.29 is 17.9 Å². The molecule has 2 aromatic heterocycles. The van der Waals surface area contributed by atoms with E-state index in [0.717, 1.165) is 5.56 Å². The lowest BCUT2D eigenvalue weighted by atomic mass is 10.1. The second kappa shape index (κ2) is 8.90. The van der Waals surface area contributed by atoms with E-state index >= 15 is 0 Å². The van der Waals surface area contributed by atoms with Gasteiger partial charge in [-0.15, -0.1) is 0 Å². The molecule has 3 aromatic carbocycles. The van der Waals surface area contributed by atoms with Gasteiger partial charge in [-0.05, 0) is 54.4 Å². The maximum absolute atomic E-state index is 13.7. The normalized spacial score (nSPS) is 11.9. The van der Waals surface area contributed by atoms with Crippen molar-refractivity contribution in [3.8, 4) is 0 Å². The smallest absolute Gasteiger partial charge is 0.337 e. The molecule has 9 nitrogen and oxygen atoms in total. The van der Waals surface area contributed by atoms with Crippen LogP contribution in [0, 0.1) is 6.92 Å². The number of anilines is 1. The van der Waals surface area contributed by atoms with Crippen LogP contribution >= 0.6 is 0 Å². The van der Waals surface area contributed by atoms with Crippen molar-refractivity contribution in [2.75, 3.05) is 12.8 Å². The summed E-state index contributed by atoms with van der Waals surface area (Å²) in [5, 5.41) is 4.43. The zero-order valence-corrected chi connectivity index (χ0v) is 20.2. The van der Waals surface area contributed by atoms with Crippen molar-refractivity contribution in [2.45, 2.75) is 16.7 Å². The number of ether oxygens (including phenoxy) is 1. The summed E-state index contributed by atoms with van der Waals surface area (Å²) in [6, 6.07) is 20.3. The Morgan fingerprint density at radius 3 is 2.36 bits per heavy atom. The summed E-state index contributed by atoms with van der Waals surface area (Å²) < 4.78 is 33.4. The molecule has 0 atom stereocenters. The van der Waals surface area contributed by atoms with Gasteiger partial charge in [0.1, 0.15) is 16.2 Å². The van der Waals surface area contributed by atoms with Gasteiger partial charge in [-0.1, -0.05) is 36.4 Å². The van der Waals surface area contributed by atoms with Gasteiger partial charge in [0.25, 0.3) is 0 Å². The van der Waals surface area contributed by atoms with Crippen LogP contribution in [0.15, 0.2) is 87.7 Å². The first kappa shape index (κ1) is 23.2. The lowest BCUT2D eigenvalue weighted by molar-refractivity contribution is 0.0600. The topological polar surface area (TPSA) is 130 Å². The van der Waals surface area contributed by atoms with Crippen LogP contribution in [0.2, 0.25) is 0 Å². The number of methoxy groups -OCH3 is 1. The average molecular weight is 500 g/mol. The van der Waals surface area contributed by atoms with Crippen LogP contribution in [0.3, 0.4) is 0 Å². The Hall–Kier alpha value is -4.57. The third-order valence-corrected chi connectivity index (χ3v) is 7.47. The number of rotatable bonds is 5. The van der Waals surface area contributed by atoms with Crippen molar-refractivity contribution in [1.29, 1.82) is 0 Å². The molecule has 0 aliphatic rings. The standard InChI is InChI=1S/C26H21N5O4S/c1-16-6-5-7-19(14-16)36(33,34)23-22-25(30-21-9-4-3-8-20(21)29-22)31(24(23)27)28-15-17-10-12-18(13-11-17)26(32)35-2/h3-15H,27H2,1-2H3. The summed E-state index contributed by atoms with van der Waals surface area (Å²) in [7, 11) is -2.73. The molecule has 0 unspecified atom stereocenters. The van der Waals surface area contributed by atoms with Crippen LogP contribution in [-0.2, 0) is 14.6 Å². The Balaban J connectivity index is 1.71.